The summed E-state index contributed by atoms with van der Waals surface area (Å²) in [6.45, 7) is 2.00. The molecular weight excluding hydrogens is 337 g/mol. The zero-order valence-corrected chi connectivity index (χ0v) is 14.5. The molecule has 2 aromatic rings. The number of piperidine rings is 1. The molecule has 4 rings (SSSR count). The summed E-state index contributed by atoms with van der Waals surface area (Å²) in [7, 11) is 0. The number of halogens is 1. The Morgan fingerprint density at radius 1 is 1.42 bits per heavy atom. The maximum absolute atomic E-state index is 13.3. The third kappa shape index (κ3) is 3.72. The van der Waals surface area contributed by atoms with Crippen LogP contribution < -0.4 is 4.74 Å². The predicted octanol–water partition coefficient (Wildman–Crippen LogP) is 2.25. The van der Waals surface area contributed by atoms with Crippen LogP contribution in [0, 0.1) is 5.82 Å². The Labute approximate surface area is 151 Å². The number of ether oxygens (including phenoxy) is 2. The number of nitrogens with zero attached hydrogens (tertiary/aromatic N) is 3. The number of likely N-dealkylation sites (tertiary alicyclic amines) is 1. The average molecular weight is 359 g/mol. The van der Waals surface area contributed by atoms with E-state index in [2.05, 4.69) is 5.10 Å². The van der Waals surface area contributed by atoms with Crippen molar-refractivity contribution in [2.45, 2.75) is 37.5 Å². The number of carbonyl (C=O) groups excluding carboxylic acids is 1. The van der Waals surface area contributed by atoms with Crippen molar-refractivity contribution < 1.29 is 18.7 Å². The number of aromatic nitrogens is 2. The molecule has 1 aromatic heterocycles. The first kappa shape index (κ1) is 17.0. The lowest BCUT2D eigenvalue weighted by atomic mass is 9.89. The highest BCUT2D eigenvalue weighted by Gasteiger charge is 2.45. The van der Waals surface area contributed by atoms with Gasteiger partial charge in [-0.1, -0.05) is 6.07 Å². The van der Waals surface area contributed by atoms with Gasteiger partial charge in [-0.25, -0.2) is 4.39 Å². The lowest BCUT2D eigenvalue weighted by Crippen LogP contribution is -2.51. The van der Waals surface area contributed by atoms with Gasteiger partial charge in [-0.05, 0) is 31.0 Å². The van der Waals surface area contributed by atoms with E-state index in [-0.39, 0.29) is 30.0 Å². The number of amides is 1. The minimum absolute atomic E-state index is 0.0471. The summed E-state index contributed by atoms with van der Waals surface area (Å²) >= 11 is 0. The first-order chi connectivity index (χ1) is 12.6. The minimum atomic E-state index is -0.365. The molecule has 0 bridgehead atoms. The highest BCUT2D eigenvalue weighted by molar-refractivity contribution is 5.76. The van der Waals surface area contributed by atoms with Gasteiger partial charge >= 0.3 is 0 Å². The standard InChI is InChI=1S/C19H22FN3O3/c20-15-4-1-5-16(10-15)26-17-11-19(25-13-17)6-2-8-22(14-19)18(24)12-23-9-3-7-21-23/h1,3-5,7,9-10,17H,2,6,8,11-14H2/t17-,19-/m1/s1. The van der Waals surface area contributed by atoms with Gasteiger partial charge in [0.2, 0.25) is 5.91 Å². The molecule has 2 atom stereocenters. The van der Waals surface area contributed by atoms with Crippen LogP contribution in [0.2, 0.25) is 0 Å². The Bertz CT molecular complexity index is 767. The Balaban J connectivity index is 1.37. The summed E-state index contributed by atoms with van der Waals surface area (Å²) in [6, 6.07) is 7.95. The molecule has 0 saturated carbocycles. The van der Waals surface area contributed by atoms with Crippen LogP contribution in [0.5, 0.6) is 5.75 Å². The van der Waals surface area contributed by atoms with Gasteiger partial charge < -0.3 is 14.4 Å². The zero-order valence-electron chi connectivity index (χ0n) is 14.5. The number of benzene rings is 1. The van der Waals surface area contributed by atoms with Crippen molar-refractivity contribution in [3.63, 3.8) is 0 Å². The highest BCUT2D eigenvalue weighted by Crippen LogP contribution is 2.36. The van der Waals surface area contributed by atoms with Crippen molar-refractivity contribution in [1.29, 1.82) is 0 Å². The van der Waals surface area contributed by atoms with Gasteiger partial charge in [0.15, 0.2) is 0 Å². The van der Waals surface area contributed by atoms with Crippen molar-refractivity contribution in [2.75, 3.05) is 19.7 Å². The van der Waals surface area contributed by atoms with E-state index in [9.17, 15) is 9.18 Å². The second-order valence-corrected chi connectivity index (χ2v) is 7.02. The fraction of sp³-hybridized carbons (Fsp3) is 0.474. The molecule has 0 N–H and O–H groups in total. The van der Waals surface area contributed by atoms with Gasteiger partial charge in [-0.2, -0.15) is 5.10 Å². The molecule has 2 saturated heterocycles. The topological polar surface area (TPSA) is 56.6 Å². The Kier molecular flexibility index (Phi) is 4.63. The monoisotopic (exact) mass is 359 g/mol. The molecule has 2 fully saturated rings. The van der Waals surface area contributed by atoms with Gasteiger partial charge in [-0.3, -0.25) is 9.48 Å². The normalized spacial score (nSPS) is 25.6. The van der Waals surface area contributed by atoms with Crippen LogP contribution in [-0.4, -0.2) is 52.0 Å². The van der Waals surface area contributed by atoms with Crippen molar-refractivity contribution in [1.82, 2.24) is 14.7 Å². The third-order valence-corrected chi connectivity index (χ3v) is 5.02. The van der Waals surface area contributed by atoms with E-state index in [0.717, 1.165) is 19.4 Å². The second kappa shape index (κ2) is 7.07. The Hall–Kier alpha value is -2.41. The zero-order chi connectivity index (χ0) is 18.0. The molecule has 6 nitrogen and oxygen atoms in total. The van der Waals surface area contributed by atoms with Crippen LogP contribution in [0.15, 0.2) is 42.7 Å². The summed E-state index contributed by atoms with van der Waals surface area (Å²) < 4.78 is 26.9. The molecule has 26 heavy (non-hydrogen) atoms. The van der Waals surface area contributed by atoms with Crippen molar-refractivity contribution >= 4 is 5.91 Å². The lowest BCUT2D eigenvalue weighted by molar-refractivity contribution is -0.140. The second-order valence-electron chi connectivity index (χ2n) is 7.02. The van der Waals surface area contributed by atoms with E-state index in [4.69, 9.17) is 9.47 Å². The largest absolute Gasteiger partial charge is 0.488 e. The van der Waals surface area contributed by atoms with Crippen LogP contribution >= 0.6 is 0 Å². The Morgan fingerprint density at radius 2 is 2.35 bits per heavy atom. The Morgan fingerprint density at radius 3 is 3.15 bits per heavy atom. The molecule has 0 unspecified atom stereocenters. The molecule has 1 amide bonds. The quantitative estimate of drug-likeness (QED) is 0.840. The fourth-order valence-electron chi connectivity index (χ4n) is 3.84. The minimum Gasteiger partial charge on any atom is -0.488 e. The maximum atomic E-state index is 13.3. The van der Waals surface area contributed by atoms with Gasteiger partial charge in [-0.15, -0.1) is 0 Å². The maximum Gasteiger partial charge on any atom is 0.244 e. The van der Waals surface area contributed by atoms with E-state index >= 15 is 0 Å². The van der Waals surface area contributed by atoms with Gasteiger partial charge in [0.1, 0.15) is 24.2 Å². The van der Waals surface area contributed by atoms with Crippen molar-refractivity contribution in [3.05, 3.63) is 48.5 Å². The number of carbonyl (C=O) groups is 1. The molecule has 1 spiro atoms. The average Bonchev–Trinajstić information content (AvgIpc) is 3.26. The number of hydrogen-bond acceptors (Lipinski definition) is 4. The molecule has 1 aromatic carbocycles. The smallest absolute Gasteiger partial charge is 0.244 e. The molecule has 2 aliphatic rings. The SMILES string of the molecule is O=C(Cn1cccn1)N1CCC[C@@]2(C[C@@H](Oc3cccc(F)c3)CO2)C1. The van der Waals surface area contributed by atoms with E-state index in [0.29, 0.717) is 25.3 Å². The molecule has 3 heterocycles. The molecule has 7 heteroatoms. The first-order valence-corrected chi connectivity index (χ1v) is 8.93. The molecular formula is C19H22FN3O3. The van der Waals surface area contributed by atoms with Gasteiger partial charge in [0.05, 0.1) is 12.2 Å². The summed E-state index contributed by atoms with van der Waals surface area (Å²) in [5.41, 5.74) is -0.365. The molecule has 0 radical (unpaired) electrons. The number of hydrogen-bond donors (Lipinski definition) is 0. The third-order valence-electron chi connectivity index (χ3n) is 5.02. The van der Waals surface area contributed by atoms with Crippen LogP contribution in [-0.2, 0) is 16.1 Å². The molecule has 2 aliphatic heterocycles. The first-order valence-electron chi connectivity index (χ1n) is 8.93. The summed E-state index contributed by atoms with van der Waals surface area (Å²) in [5.74, 6) is 0.244. The fourth-order valence-corrected chi connectivity index (χ4v) is 3.84. The lowest BCUT2D eigenvalue weighted by Gasteiger charge is -2.39. The van der Waals surface area contributed by atoms with Gasteiger partial charge in [0.25, 0.3) is 0 Å². The number of rotatable bonds is 4. The van der Waals surface area contributed by atoms with Crippen LogP contribution in [0.25, 0.3) is 0 Å². The van der Waals surface area contributed by atoms with Crippen LogP contribution in [0.1, 0.15) is 19.3 Å². The van der Waals surface area contributed by atoms with E-state index < -0.39 is 0 Å². The summed E-state index contributed by atoms with van der Waals surface area (Å²) in [6.07, 6.45) is 5.83. The predicted molar refractivity (Wildman–Crippen MR) is 92.2 cm³/mol. The van der Waals surface area contributed by atoms with Gasteiger partial charge in [0, 0.05) is 38.0 Å². The van der Waals surface area contributed by atoms with E-state index in [1.165, 1.54) is 12.1 Å². The van der Waals surface area contributed by atoms with Crippen molar-refractivity contribution in [3.8, 4) is 5.75 Å². The van der Waals surface area contributed by atoms with Crippen molar-refractivity contribution in [2.24, 2.45) is 0 Å². The van der Waals surface area contributed by atoms with E-state index in [1.807, 2.05) is 4.90 Å². The van der Waals surface area contributed by atoms with E-state index in [1.54, 1.807) is 35.3 Å². The summed E-state index contributed by atoms with van der Waals surface area (Å²) in [4.78, 5) is 14.4. The summed E-state index contributed by atoms with van der Waals surface area (Å²) in [5, 5.41) is 4.09. The van der Waals surface area contributed by atoms with Crippen LogP contribution in [0.3, 0.4) is 0 Å². The molecule has 138 valence electrons. The highest BCUT2D eigenvalue weighted by atomic mass is 19.1. The van der Waals surface area contributed by atoms with Crippen LogP contribution in [0.4, 0.5) is 4.39 Å². The molecule has 0 aliphatic carbocycles.